The van der Waals surface area contributed by atoms with Crippen molar-refractivity contribution >= 4 is 23.2 Å². The maximum atomic E-state index is 13.4. The predicted octanol–water partition coefficient (Wildman–Crippen LogP) is 3.92. The second kappa shape index (κ2) is 7.10. The number of hydrogen-bond donors (Lipinski definition) is 2. The molecule has 0 spiro atoms. The van der Waals surface area contributed by atoms with Crippen molar-refractivity contribution in [3.8, 4) is 27.7 Å². The SMILES string of the molecule is O=C(Nc1n[nH]c(-c2cccc(F)c2)n1)c1csc(-c2ccc3c(c2)CCO3)n1. The number of thiazole rings is 1. The molecular weight excluding hydrogens is 393 g/mol. The fraction of sp³-hybridized carbons (Fsp3) is 0.100. The molecule has 1 amide bonds. The number of hydrogen-bond acceptors (Lipinski definition) is 6. The quantitative estimate of drug-likeness (QED) is 0.535. The topological polar surface area (TPSA) is 92.8 Å². The Morgan fingerprint density at radius 3 is 3.00 bits per heavy atom. The summed E-state index contributed by atoms with van der Waals surface area (Å²) in [6.45, 7) is 0.693. The molecule has 0 unspecified atom stereocenters. The van der Waals surface area contributed by atoms with Crippen LogP contribution in [0.3, 0.4) is 0 Å². The van der Waals surface area contributed by atoms with Crippen LogP contribution in [0.1, 0.15) is 16.1 Å². The zero-order chi connectivity index (χ0) is 19.8. The van der Waals surface area contributed by atoms with Crippen molar-refractivity contribution in [1.29, 1.82) is 0 Å². The molecule has 0 saturated carbocycles. The van der Waals surface area contributed by atoms with E-state index < -0.39 is 5.91 Å². The highest BCUT2D eigenvalue weighted by Crippen LogP contribution is 2.32. The van der Waals surface area contributed by atoms with E-state index in [0.717, 1.165) is 28.3 Å². The monoisotopic (exact) mass is 407 g/mol. The zero-order valence-electron chi connectivity index (χ0n) is 15.0. The minimum Gasteiger partial charge on any atom is -0.493 e. The number of carbonyl (C=O) groups excluding carboxylic acids is 1. The third-order valence-electron chi connectivity index (χ3n) is 4.48. The molecule has 9 heteroatoms. The molecule has 2 aromatic heterocycles. The van der Waals surface area contributed by atoms with Crippen molar-refractivity contribution in [2.75, 3.05) is 11.9 Å². The van der Waals surface area contributed by atoms with Crippen LogP contribution in [0.4, 0.5) is 10.3 Å². The molecule has 0 saturated heterocycles. The van der Waals surface area contributed by atoms with Crippen molar-refractivity contribution in [2.24, 2.45) is 0 Å². The van der Waals surface area contributed by atoms with Crippen LogP contribution >= 0.6 is 11.3 Å². The lowest BCUT2D eigenvalue weighted by molar-refractivity contribution is 0.102. The van der Waals surface area contributed by atoms with Crippen molar-refractivity contribution in [1.82, 2.24) is 20.2 Å². The number of fused-ring (bicyclic) bond motifs is 1. The summed E-state index contributed by atoms with van der Waals surface area (Å²) in [4.78, 5) is 21.1. The Bertz CT molecular complexity index is 1220. The molecule has 5 rings (SSSR count). The summed E-state index contributed by atoms with van der Waals surface area (Å²) in [6.07, 6.45) is 0.875. The summed E-state index contributed by atoms with van der Waals surface area (Å²) < 4.78 is 18.9. The molecule has 2 aromatic carbocycles. The number of ether oxygens (including phenoxy) is 1. The van der Waals surface area contributed by atoms with Crippen molar-refractivity contribution in [3.63, 3.8) is 0 Å². The van der Waals surface area contributed by atoms with E-state index >= 15 is 0 Å². The normalized spacial score (nSPS) is 12.4. The summed E-state index contributed by atoms with van der Waals surface area (Å²) >= 11 is 1.39. The number of nitrogens with zero attached hydrogens (tertiary/aromatic N) is 3. The number of anilines is 1. The minimum atomic E-state index is -0.415. The average molecular weight is 407 g/mol. The standard InChI is InChI=1S/C20H14FN5O2S/c21-14-3-1-2-12(9-14)17-23-20(26-25-17)24-18(27)15-10-29-19(22-15)13-4-5-16-11(8-13)6-7-28-16/h1-5,8-10H,6-7H2,(H2,23,24,25,26,27). The Balaban J connectivity index is 1.32. The van der Waals surface area contributed by atoms with Gasteiger partial charge in [0, 0.05) is 22.9 Å². The second-order valence-corrected chi connectivity index (χ2v) is 7.29. The molecule has 0 fully saturated rings. The van der Waals surface area contributed by atoms with Gasteiger partial charge in [-0.1, -0.05) is 12.1 Å². The smallest absolute Gasteiger partial charge is 0.277 e. The van der Waals surface area contributed by atoms with E-state index in [2.05, 4.69) is 25.5 Å². The van der Waals surface area contributed by atoms with Crippen molar-refractivity contribution in [2.45, 2.75) is 6.42 Å². The van der Waals surface area contributed by atoms with Gasteiger partial charge in [0.25, 0.3) is 5.91 Å². The molecule has 0 bridgehead atoms. The number of nitrogens with one attached hydrogen (secondary N) is 2. The summed E-state index contributed by atoms with van der Waals surface area (Å²) in [7, 11) is 0. The Hall–Kier alpha value is -3.59. The fourth-order valence-corrected chi connectivity index (χ4v) is 3.88. The summed E-state index contributed by atoms with van der Waals surface area (Å²) in [5.74, 6) is 0.569. The first-order valence-electron chi connectivity index (χ1n) is 8.87. The number of halogens is 1. The fourth-order valence-electron chi connectivity index (χ4n) is 3.08. The molecule has 29 heavy (non-hydrogen) atoms. The number of rotatable bonds is 4. The van der Waals surface area contributed by atoms with Crippen LogP contribution in [-0.4, -0.2) is 32.7 Å². The molecular formula is C20H14FN5O2S. The van der Waals surface area contributed by atoms with Crippen LogP contribution in [0.25, 0.3) is 22.0 Å². The van der Waals surface area contributed by atoms with E-state index in [-0.39, 0.29) is 17.5 Å². The van der Waals surface area contributed by atoms with Gasteiger partial charge in [0.15, 0.2) is 5.82 Å². The van der Waals surface area contributed by atoms with Gasteiger partial charge in [-0.15, -0.1) is 16.4 Å². The van der Waals surface area contributed by atoms with E-state index in [9.17, 15) is 9.18 Å². The van der Waals surface area contributed by atoms with Crippen molar-refractivity contribution < 1.29 is 13.9 Å². The average Bonchev–Trinajstić information content (AvgIpc) is 3.47. The molecule has 144 valence electrons. The lowest BCUT2D eigenvalue weighted by Gasteiger charge is -2.01. The number of aromatic amines is 1. The van der Waals surface area contributed by atoms with E-state index in [4.69, 9.17) is 4.74 Å². The third-order valence-corrected chi connectivity index (χ3v) is 5.37. The number of H-pyrrole nitrogens is 1. The van der Waals surface area contributed by atoms with E-state index in [1.807, 2.05) is 18.2 Å². The molecule has 2 N–H and O–H groups in total. The molecule has 1 aliphatic heterocycles. The van der Waals surface area contributed by atoms with Gasteiger partial charge < -0.3 is 4.74 Å². The Morgan fingerprint density at radius 2 is 2.10 bits per heavy atom. The highest BCUT2D eigenvalue weighted by atomic mass is 32.1. The Labute approximate surface area is 168 Å². The number of benzene rings is 2. The van der Waals surface area contributed by atoms with Gasteiger partial charge >= 0.3 is 0 Å². The number of amides is 1. The highest BCUT2D eigenvalue weighted by Gasteiger charge is 2.17. The first kappa shape index (κ1) is 17.5. The van der Waals surface area contributed by atoms with Gasteiger partial charge in [0.1, 0.15) is 22.3 Å². The van der Waals surface area contributed by atoms with Crippen LogP contribution < -0.4 is 10.1 Å². The van der Waals surface area contributed by atoms with Crippen LogP contribution in [0.15, 0.2) is 47.8 Å². The van der Waals surface area contributed by atoms with Crippen LogP contribution in [0.2, 0.25) is 0 Å². The van der Waals surface area contributed by atoms with Crippen molar-refractivity contribution in [3.05, 3.63) is 64.9 Å². The minimum absolute atomic E-state index is 0.0958. The number of aromatic nitrogens is 4. The zero-order valence-corrected chi connectivity index (χ0v) is 15.8. The molecule has 0 aliphatic carbocycles. The molecule has 7 nitrogen and oxygen atoms in total. The molecule has 1 aliphatic rings. The maximum Gasteiger partial charge on any atom is 0.277 e. The molecule has 0 radical (unpaired) electrons. The summed E-state index contributed by atoms with van der Waals surface area (Å²) in [5, 5.41) is 11.7. The summed E-state index contributed by atoms with van der Waals surface area (Å²) in [6, 6.07) is 11.9. The van der Waals surface area contributed by atoms with Gasteiger partial charge in [-0.05, 0) is 35.9 Å². The molecule has 4 aromatic rings. The Morgan fingerprint density at radius 1 is 1.17 bits per heavy atom. The predicted molar refractivity (Wildman–Crippen MR) is 106 cm³/mol. The van der Waals surface area contributed by atoms with Crippen LogP contribution in [0.5, 0.6) is 5.75 Å². The highest BCUT2D eigenvalue weighted by molar-refractivity contribution is 7.13. The lowest BCUT2D eigenvalue weighted by atomic mass is 10.1. The van der Waals surface area contributed by atoms with E-state index in [1.54, 1.807) is 17.5 Å². The lowest BCUT2D eigenvalue weighted by Crippen LogP contribution is -2.13. The van der Waals surface area contributed by atoms with Gasteiger partial charge in [0.2, 0.25) is 5.95 Å². The first-order chi connectivity index (χ1) is 14.2. The van der Waals surface area contributed by atoms with Gasteiger partial charge in [-0.3, -0.25) is 15.2 Å². The summed E-state index contributed by atoms with van der Waals surface area (Å²) in [5.41, 5.74) is 2.91. The third kappa shape index (κ3) is 3.47. The van der Waals surface area contributed by atoms with E-state index in [1.165, 1.54) is 23.5 Å². The van der Waals surface area contributed by atoms with Gasteiger partial charge in [-0.25, -0.2) is 9.37 Å². The van der Waals surface area contributed by atoms with E-state index in [0.29, 0.717) is 18.0 Å². The first-order valence-corrected chi connectivity index (χ1v) is 9.75. The largest absolute Gasteiger partial charge is 0.493 e. The van der Waals surface area contributed by atoms with Crippen LogP contribution in [0, 0.1) is 5.82 Å². The molecule has 3 heterocycles. The number of carbonyl (C=O) groups is 1. The van der Waals surface area contributed by atoms with Gasteiger partial charge in [0.05, 0.1) is 6.61 Å². The van der Waals surface area contributed by atoms with Crippen LogP contribution in [-0.2, 0) is 6.42 Å². The Kier molecular flexibility index (Phi) is 4.28. The molecule has 0 atom stereocenters. The maximum absolute atomic E-state index is 13.4. The second-order valence-electron chi connectivity index (χ2n) is 6.43. The van der Waals surface area contributed by atoms with Gasteiger partial charge in [-0.2, -0.15) is 4.98 Å².